The van der Waals surface area contributed by atoms with Crippen LogP contribution in [-0.4, -0.2) is 32.1 Å². The summed E-state index contributed by atoms with van der Waals surface area (Å²) in [7, 11) is 1.43. The van der Waals surface area contributed by atoms with Crippen molar-refractivity contribution in [1.82, 2.24) is 5.32 Å². The van der Waals surface area contributed by atoms with Gasteiger partial charge in [-0.05, 0) is 42.8 Å². The van der Waals surface area contributed by atoms with Crippen molar-refractivity contribution in [3.63, 3.8) is 0 Å². The molecule has 0 aliphatic heterocycles. The van der Waals surface area contributed by atoms with Crippen molar-refractivity contribution < 1.29 is 23.5 Å². The van der Waals surface area contributed by atoms with E-state index in [1.807, 2.05) is 0 Å². The number of carbonyl (C=O) groups excluding carboxylic acids is 2. The van der Waals surface area contributed by atoms with Gasteiger partial charge in [0.15, 0.2) is 18.1 Å². The number of carbonyl (C=O) groups is 2. The fourth-order valence-electron chi connectivity index (χ4n) is 2.35. The molecule has 2 aromatic carbocycles. The molecule has 0 saturated heterocycles. The number of nitrogens with zero attached hydrogens (tertiary/aromatic N) is 1. The first-order valence-corrected chi connectivity index (χ1v) is 8.73. The number of rotatable bonds is 8. The SMILES string of the molecule is CCNC(=O)COc1ccc(/C=C(\C#N)C(=O)Nc2ccccc2F)cc1OC. The van der Waals surface area contributed by atoms with E-state index >= 15 is 0 Å². The monoisotopic (exact) mass is 397 g/mol. The first-order chi connectivity index (χ1) is 14.0. The number of ether oxygens (including phenoxy) is 2. The fourth-order valence-corrected chi connectivity index (χ4v) is 2.35. The van der Waals surface area contributed by atoms with E-state index in [0.29, 0.717) is 23.6 Å². The van der Waals surface area contributed by atoms with Crippen molar-refractivity contribution in [3.8, 4) is 17.6 Å². The Morgan fingerprint density at radius 1 is 1.21 bits per heavy atom. The molecule has 0 saturated carbocycles. The van der Waals surface area contributed by atoms with Gasteiger partial charge in [0.05, 0.1) is 12.8 Å². The zero-order chi connectivity index (χ0) is 21.2. The molecule has 150 valence electrons. The number of para-hydroxylation sites is 1. The van der Waals surface area contributed by atoms with E-state index in [9.17, 15) is 19.2 Å². The third-order valence-corrected chi connectivity index (χ3v) is 3.72. The van der Waals surface area contributed by atoms with Crippen LogP contribution in [0.1, 0.15) is 12.5 Å². The van der Waals surface area contributed by atoms with Crippen LogP contribution in [-0.2, 0) is 9.59 Å². The molecule has 0 heterocycles. The van der Waals surface area contributed by atoms with Crippen LogP contribution in [0.15, 0.2) is 48.0 Å². The minimum atomic E-state index is -0.742. The van der Waals surface area contributed by atoms with E-state index in [2.05, 4.69) is 10.6 Å². The molecule has 2 amide bonds. The summed E-state index contributed by atoms with van der Waals surface area (Å²) in [5.41, 5.74) is 0.254. The molecule has 0 aromatic heterocycles. The second kappa shape index (κ2) is 10.5. The Labute approximate surface area is 167 Å². The van der Waals surface area contributed by atoms with E-state index in [-0.39, 0.29) is 23.8 Å². The van der Waals surface area contributed by atoms with Gasteiger partial charge in [-0.3, -0.25) is 9.59 Å². The molecule has 8 heteroatoms. The summed E-state index contributed by atoms with van der Waals surface area (Å²) >= 11 is 0. The summed E-state index contributed by atoms with van der Waals surface area (Å²) in [4.78, 5) is 23.8. The average Bonchev–Trinajstić information content (AvgIpc) is 2.72. The predicted molar refractivity (Wildman–Crippen MR) is 106 cm³/mol. The highest BCUT2D eigenvalue weighted by Crippen LogP contribution is 2.29. The number of benzene rings is 2. The average molecular weight is 397 g/mol. The predicted octanol–water partition coefficient (Wildman–Crippen LogP) is 2.89. The number of nitriles is 1. The third kappa shape index (κ3) is 6.07. The Hall–Kier alpha value is -3.86. The maximum atomic E-state index is 13.7. The number of hydrogen-bond donors (Lipinski definition) is 2. The quantitative estimate of drug-likeness (QED) is 0.527. The number of methoxy groups -OCH3 is 1. The van der Waals surface area contributed by atoms with Crippen LogP contribution >= 0.6 is 0 Å². The number of nitrogens with one attached hydrogen (secondary N) is 2. The van der Waals surface area contributed by atoms with Crippen LogP contribution < -0.4 is 20.1 Å². The highest BCUT2D eigenvalue weighted by Gasteiger charge is 2.13. The highest BCUT2D eigenvalue weighted by atomic mass is 19.1. The van der Waals surface area contributed by atoms with E-state index in [1.165, 1.54) is 31.4 Å². The van der Waals surface area contributed by atoms with Gasteiger partial charge in [0.25, 0.3) is 11.8 Å². The number of hydrogen-bond acceptors (Lipinski definition) is 5. The van der Waals surface area contributed by atoms with Crippen molar-refractivity contribution in [2.45, 2.75) is 6.92 Å². The van der Waals surface area contributed by atoms with E-state index < -0.39 is 11.7 Å². The molecule has 2 rings (SSSR count). The fraction of sp³-hybridized carbons (Fsp3) is 0.190. The Bertz CT molecular complexity index is 967. The molecule has 0 bridgehead atoms. The van der Waals surface area contributed by atoms with Crippen molar-refractivity contribution >= 4 is 23.6 Å². The Kier molecular flexibility index (Phi) is 7.74. The first kappa shape index (κ1) is 21.4. The molecule has 0 spiro atoms. The number of halogens is 1. The van der Waals surface area contributed by atoms with E-state index in [1.54, 1.807) is 37.3 Å². The van der Waals surface area contributed by atoms with Crippen LogP contribution in [0.25, 0.3) is 6.08 Å². The van der Waals surface area contributed by atoms with Gasteiger partial charge < -0.3 is 20.1 Å². The topological polar surface area (TPSA) is 100 Å². The Morgan fingerprint density at radius 2 is 1.97 bits per heavy atom. The van der Waals surface area contributed by atoms with Crippen LogP contribution in [0.3, 0.4) is 0 Å². The maximum absolute atomic E-state index is 13.7. The zero-order valence-corrected chi connectivity index (χ0v) is 16.0. The molecule has 29 heavy (non-hydrogen) atoms. The first-order valence-electron chi connectivity index (χ1n) is 8.73. The minimum Gasteiger partial charge on any atom is -0.493 e. The van der Waals surface area contributed by atoms with Crippen LogP contribution in [0.2, 0.25) is 0 Å². The summed E-state index contributed by atoms with van der Waals surface area (Å²) < 4.78 is 24.4. The van der Waals surface area contributed by atoms with Gasteiger partial charge in [-0.2, -0.15) is 5.26 Å². The normalized spacial score (nSPS) is 10.6. The van der Waals surface area contributed by atoms with Gasteiger partial charge in [-0.25, -0.2) is 4.39 Å². The molecular weight excluding hydrogens is 377 g/mol. The molecule has 0 unspecified atom stereocenters. The van der Waals surface area contributed by atoms with Crippen LogP contribution in [0.5, 0.6) is 11.5 Å². The lowest BCUT2D eigenvalue weighted by Crippen LogP contribution is -2.28. The van der Waals surface area contributed by atoms with Gasteiger partial charge in [-0.15, -0.1) is 0 Å². The molecule has 0 aliphatic rings. The van der Waals surface area contributed by atoms with Gasteiger partial charge in [0, 0.05) is 6.54 Å². The summed E-state index contributed by atoms with van der Waals surface area (Å²) in [5.74, 6) is -0.947. The Morgan fingerprint density at radius 3 is 2.62 bits per heavy atom. The van der Waals surface area contributed by atoms with Gasteiger partial charge in [0.2, 0.25) is 0 Å². The molecule has 0 radical (unpaired) electrons. The highest BCUT2D eigenvalue weighted by molar-refractivity contribution is 6.09. The summed E-state index contributed by atoms with van der Waals surface area (Å²) in [6.45, 7) is 2.12. The lowest BCUT2D eigenvalue weighted by atomic mass is 10.1. The van der Waals surface area contributed by atoms with Crippen LogP contribution in [0, 0.1) is 17.1 Å². The van der Waals surface area contributed by atoms with Crippen molar-refractivity contribution in [1.29, 1.82) is 5.26 Å². The molecule has 2 aromatic rings. The number of likely N-dealkylation sites (N-methyl/N-ethyl adjacent to an activating group) is 1. The largest absolute Gasteiger partial charge is 0.493 e. The second-order valence-corrected chi connectivity index (χ2v) is 5.76. The summed E-state index contributed by atoms with van der Waals surface area (Å²) in [5, 5.41) is 14.3. The van der Waals surface area contributed by atoms with Gasteiger partial charge >= 0.3 is 0 Å². The molecule has 0 fully saturated rings. The number of amides is 2. The second-order valence-electron chi connectivity index (χ2n) is 5.76. The minimum absolute atomic E-state index is 0.0228. The van der Waals surface area contributed by atoms with Crippen molar-refractivity contribution in [2.75, 3.05) is 25.6 Å². The summed E-state index contributed by atoms with van der Waals surface area (Å²) in [6, 6.07) is 12.2. The zero-order valence-electron chi connectivity index (χ0n) is 16.0. The van der Waals surface area contributed by atoms with Crippen LogP contribution in [0.4, 0.5) is 10.1 Å². The van der Waals surface area contributed by atoms with Crippen molar-refractivity contribution in [2.24, 2.45) is 0 Å². The lowest BCUT2D eigenvalue weighted by Gasteiger charge is -2.11. The third-order valence-electron chi connectivity index (χ3n) is 3.72. The molecule has 0 aliphatic carbocycles. The lowest BCUT2D eigenvalue weighted by molar-refractivity contribution is -0.123. The molecule has 2 N–H and O–H groups in total. The van der Waals surface area contributed by atoms with Gasteiger partial charge in [0.1, 0.15) is 17.5 Å². The number of anilines is 1. The standard InChI is InChI=1S/C21H20FN3O4/c1-3-24-20(26)13-29-18-9-8-14(11-19(18)28-2)10-15(12-23)21(27)25-17-7-5-4-6-16(17)22/h4-11H,3,13H2,1-2H3,(H,24,26)(H,25,27)/b15-10+. The van der Waals surface area contributed by atoms with E-state index in [0.717, 1.165) is 0 Å². The molecular formula is C21H20FN3O4. The Balaban J connectivity index is 2.18. The van der Waals surface area contributed by atoms with Gasteiger partial charge in [-0.1, -0.05) is 18.2 Å². The van der Waals surface area contributed by atoms with Crippen molar-refractivity contribution in [3.05, 3.63) is 59.4 Å². The smallest absolute Gasteiger partial charge is 0.266 e. The molecule has 7 nitrogen and oxygen atoms in total. The molecule has 0 atom stereocenters. The van der Waals surface area contributed by atoms with E-state index in [4.69, 9.17) is 9.47 Å². The summed E-state index contributed by atoms with van der Waals surface area (Å²) in [6.07, 6.45) is 1.34. The maximum Gasteiger partial charge on any atom is 0.266 e.